The highest BCUT2D eigenvalue weighted by Gasteiger charge is 2.44. The maximum Gasteiger partial charge on any atom is 0.0731 e. The second-order valence-electron chi connectivity index (χ2n) is 7.35. The number of ether oxygens (including phenoxy) is 1. The van der Waals surface area contributed by atoms with Gasteiger partial charge in [0, 0.05) is 24.7 Å². The molecule has 3 heteroatoms. The van der Waals surface area contributed by atoms with Gasteiger partial charge < -0.3 is 10.1 Å². The van der Waals surface area contributed by atoms with Crippen molar-refractivity contribution in [2.75, 3.05) is 19.7 Å². The zero-order valence-corrected chi connectivity index (χ0v) is 13.5. The number of nitrogens with zero attached hydrogens (tertiary/aromatic N) is 1. The highest BCUT2D eigenvalue weighted by molar-refractivity contribution is 5.00. The first kappa shape index (κ1) is 14.8. The lowest BCUT2D eigenvalue weighted by atomic mass is 9.75. The van der Waals surface area contributed by atoms with Gasteiger partial charge in [0.15, 0.2) is 0 Å². The van der Waals surface area contributed by atoms with Crippen LogP contribution >= 0.6 is 0 Å². The number of likely N-dealkylation sites (N-methyl/N-ethyl adjacent to an activating group) is 1. The standard InChI is InChI=1S/C17H32N2O/c1-4-18-14-11-12(2)10-13(3)17(14)19-8-9-20-16-7-5-6-15(16)19/h12-18H,4-11H2,1-3H3. The Kier molecular flexibility index (Phi) is 4.68. The van der Waals surface area contributed by atoms with Crippen molar-refractivity contribution in [3.63, 3.8) is 0 Å². The number of fused-ring (bicyclic) bond motifs is 1. The molecule has 116 valence electrons. The molecule has 0 bridgehead atoms. The minimum absolute atomic E-state index is 0.526. The Hall–Kier alpha value is -0.120. The molecule has 3 nitrogen and oxygen atoms in total. The topological polar surface area (TPSA) is 24.5 Å². The maximum absolute atomic E-state index is 6.01. The van der Waals surface area contributed by atoms with Gasteiger partial charge in [-0.05, 0) is 50.5 Å². The van der Waals surface area contributed by atoms with E-state index in [1.165, 1.54) is 32.1 Å². The molecule has 0 aromatic rings. The van der Waals surface area contributed by atoms with Crippen LogP contribution < -0.4 is 5.32 Å². The van der Waals surface area contributed by atoms with Crippen LogP contribution in [-0.2, 0) is 4.74 Å². The lowest BCUT2D eigenvalue weighted by molar-refractivity contribution is -0.0933. The molecule has 1 N–H and O–H groups in total. The van der Waals surface area contributed by atoms with Crippen molar-refractivity contribution in [1.29, 1.82) is 0 Å². The predicted molar refractivity (Wildman–Crippen MR) is 82.9 cm³/mol. The van der Waals surface area contributed by atoms with Gasteiger partial charge in [0.25, 0.3) is 0 Å². The van der Waals surface area contributed by atoms with Crippen molar-refractivity contribution < 1.29 is 4.74 Å². The Bertz CT molecular complexity index is 322. The van der Waals surface area contributed by atoms with Gasteiger partial charge in [0.05, 0.1) is 12.7 Å². The first-order valence-corrected chi connectivity index (χ1v) is 8.81. The summed E-state index contributed by atoms with van der Waals surface area (Å²) in [6, 6.07) is 2.10. The van der Waals surface area contributed by atoms with Crippen LogP contribution in [0, 0.1) is 11.8 Å². The summed E-state index contributed by atoms with van der Waals surface area (Å²) in [5.74, 6) is 1.67. The molecule has 1 aliphatic heterocycles. The number of rotatable bonds is 3. The molecule has 0 spiro atoms. The van der Waals surface area contributed by atoms with E-state index in [1.54, 1.807) is 0 Å². The van der Waals surface area contributed by atoms with Gasteiger partial charge in [-0.25, -0.2) is 0 Å². The first-order valence-electron chi connectivity index (χ1n) is 8.81. The van der Waals surface area contributed by atoms with Gasteiger partial charge in [-0.1, -0.05) is 20.8 Å². The predicted octanol–water partition coefficient (Wildman–Crippen LogP) is 2.65. The highest BCUT2D eigenvalue weighted by atomic mass is 16.5. The number of nitrogens with one attached hydrogen (secondary N) is 1. The lowest BCUT2D eigenvalue weighted by Crippen LogP contribution is -2.63. The minimum Gasteiger partial charge on any atom is -0.375 e. The molecular weight excluding hydrogens is 248 g/mol. The summed E-state index contributed by atoms with van der Waals surface area (Å²) in [5, 5.41) is 3.79. The maximum atomic E-state index is 6.01. The van der Waals surface area contributed by atoms with E-state index >= 15 is 0 Å². The molecule has 6 unspecified atom stereocenters. The van der Waals surface area contributed by atoms with Crippen molar-refractivity contribution in [1.82, 2.24) is 10.2 Å². The van der Waals surface area contributed by atoms with Gasteiger partial charge in [-0.2, -0.15) is 0 Å². The molecular formula is C17H32N2O. The quantitative estimate of drug-likeness (QED) is 0.860. The fraction of sp³-hybridized carbons (Fsp3) is 1.00. The van der Waals surface area contributed by atoms with Crippen LogP contribution in [0.15, 0.2) is 0 Å². The lowest BCUT2D eigenvalue weighted by Gasteiger charge is -2.51. The van der Waals surface area contributed by atoms with Crippen molar-refractivity contribution in [2.45, 2.75) is 77.1 Å². The smallest absolute Gasteiger partial charge is 0.0731 e. The third-order valence-electron chi connectivity index (χ3n) is 5.80. The molecule has 6 atom stereocenters. The molecule has 3 aliphatic rings. The number of hydrogen-bond acceptors (Lipinski definition) is 3. The fourth-order valence-corrected chi connectivity index (χ4v) is 5.19. The van der Waals surface area contributed by atoms with E-state index in [2.05, 4.69) is 31.0 Å². The zero-order valence-electron chi connectivity index (χ0n) is 13.5. The van der Waals surface area contributed by atoms with E-state index in [-0.39, 0.29) is 0 Å². The van der Waals surface area contributed by atoms with E-state index in [0.717, 1.165) is 37.6 Å². The van der Waals surface area contributed by atoms with E-state index in [1.807, 2.05) is 0 Å². The van der Waals surface area contributed by atoms with Gasteiger partial charge in [0.1, 0.15) is 0 Å². The molecule has 3 rings (SSSR count). The Morgan fingerprint density at radius 1 is 1.20 bits per heavy atom. The Morgan fingerprint density at radius 2 is 2.05 bits per heavy atom. The summed E-state index contributed by atoms with van der Waals surface area (Å²) in [4.78, 5) is 2.84. The normalized spacial score (nSPS) is 46.4. The van der Waals surface area contributed by atoms with Crippen molar-refractivity contribution in [3.05, 3.63) is 0 Å². The van der Waals surface area contributed by atoms with Crippen LogP contribution in [0.4, 0.5) is 0 Å². The zero-order chi connectivity index (χ0) is 14.1. The van der Waals surface area contributed by atoms with Gasteiger partial charge in [0.2, 0.25) is 0 Å². The Morgan fingerprint density at radius 3 is 2.85 bits per heavy atom. The molecule has 2 aliphatic carbocycles. The summed E-state index contributed by atoms with van der Waals surface area (Å²) >= 11 is 0. The Balaban J connectivity index is 1.77. The average molecular weight is 280 g/mol. The summed E-state index contributed by atoms with van der Waals surface area (Å²) in [5.41, 5.74) is 0. The van der Waals surface area contributed by atoms with Crippen LogP contribution in [0.2, 0.25) is 0 Å². The molecule has 0 amide bonds. The first-order chi connectivity index (χ1) is 9.70. The van der Waals surface area contributed by atoms with Crippen LogP contribution in [0.1, 0.15) is 52.9 Å². The highest BCUT2D eigenvalue weighted by Crippen LogP contribution is 2.38. The van der Waals surface area contributed by atoms with Crippen molar-refractivity contribution in [2.24, 2.45) is 11.8 Å². The van der Waals surface area contributed by atoms with E-state index in [4.69, 9.17) is 4.74 Å². The molecule has 1 saturated heterocycles. The van der Waals surface area contributed by atoms with Crippen molar-refractivity contribution >= 4 is 0 Å². The van der Waals surface area contributed by atoms with Gasteiger partial charge >= 0.3 is 0 Å². The summed E-state index contributed by atoms with van der Waals surface area (Å²) in [6.45, 7) is 10.3. The summed E-state index contributed by atoms with van der Waals surface area (Å²) in [6.07, 6.45) is 7.25. The average Bonchev–Trinajstić information content (AvgIpc) is 2.87. The molecule has 3 fully saturated rings. The molecule has 0 radical (unpaired) electrons. The van der Waals surface area contributed by atoms with Crippen molar-refractivity contribution in [3.8, 4) is 0 Å². The van der Waals surface area contributed by atoms with Crippen LogP contribution in [-0.4, -0.2) is 48.8 Å². The summed E-state index contributed by atoms with van der Waals surface area (Å²) in [7, 11) is 0. The van der Waals surface area contributed by atoms with Crippen LogP contribution in [0.25, 0.3) is 0 Å². The van der Waals surface area contributed by atoms with Gasteiger partial charge in [-0.15, -0.1) is 0 Å². The second kappa shape index (κ2) is 6.33. The molecule has 0 aromatic heterocycles. The van der Waals surface area contributed by atoms with Crippen LogP contribution in [0.5, 0.6) is 0 Å². The fourth-order valence-electron chi connectivity index (χ4n) is 5.19. The molecule has 0 aromatic carbocycles. The van der Waals surface area contributed by atoms with E-state index < -0.39 is 0 Å². The SMILES string of the molecule is CCNC1CC(C)CC(C)C1N1CCOC2CCCC21. The van der Waals surface area contributed by atoms with Gasteiger partial charge in [-0.3, -0.25) is 4.90 Å². The minimum atomic E-state index is 0.526. The second-order valence-corrected chi connectivity index (χ2v) is 7.35. The number of morpholine rings is 1. The summed E-state index contributed by atoms with van der Waals surface area (Å²) < 4.78 is 6.01. The third kappa shape index (κ3) is 2.77. The molecule has 20 heavy (non-hydrogen) atoms. The van der Waals surface area contributed by atoms with Crippen LogP contribution in [0.3, 0.4) is 0 Å². The monoisotopic (exact) mass is 280 g/mol. The Labute approximate surface area is 124 Å². The molecule has 2 saturated carbocycles. The molecule has 1 heterocycles. The van der Waals surface area contributed by atoms with E-state index in [9.17, 15) is 0 Å². The largest absolute Gasteiger partial charge is 0.375 e. The number of hydrogen-bond donors (Lipinski definition) is 1. The third-order valence-corrected chi connectivity index (χ3v) is 5.80. The van der Waals surface area contributed by atoms with E-state index in [0.29, 0.717) is 18.2 Å².